The molecule has 0 atom stereocenters. The van der Waals surface area contributed by atoms with Crippen molar-refractivity contribution < 1.29 is 18.9 Å². The zero-order chi connectivity index (χ0) is 18.0. The normalized spacial score (nSPS) is 10.6. The van der Waals surface area contributed by atoms with Crippen LogP contribution in [0.5, 0.6) is 23.1 Å². The largest absolute Gasteiger partial charge is 0.493 e. The van der Waals surface area contributed by atoms with E-state index in [1.807, 2.05) is 31.2 Å². The molecule has 0 aliphatic rings. The van der Waals surface area contributed by atoms with Gasteiger partial charge in [-0.05, 0) is 24.6 Å². The van der Waals surface area contributed by atoms with Crippen molar-refractivity contribution in [3.8, 4) is 34.4 Å². The van der Waals surface area contributed by atoms with Crippen molar-refractivity contribution in [1.29, 1.82) is 0 Å². The Labute approximate surface area is 146 Å². The Bertz CT molecular complexity index is 925. The monoisotopic (exact) mass is 340 g/mol. The van der Waals surface area contributed by atoms with Crippen LogP contribution in [-0.2, 0) is 0 Å². The maximum Gasteiger partial charge on any atom is 0.213 e. The summed E-state index contributed by atoms with van der Waals surface area (Å²) in [5, 5.41) is 0.893. The van der Waals surface area contributed by atoms with E-state index in [4.69, 9.17) is 23.9 Å². The van der Waals surface area contributed by atoms with E-state index in [1.165, 1.54) is 0 Å². The van der Waals surface area contributed by atoms with Gasteiger partial charge in [-0.3, -0.25) is 0 Å². The summed E-state index contributed by atoms with van der Waals surface area (Å²) in [5.74, 6) is 2.28. The van der Waals surface area contributed by atoms with Gasteiger partial charge in [-0.15, -0.1) is 0 Å². The first-order valence-electron chi connectivity index (χ1n) is 7.73. The second kappa shape index (κ2) is 6.84. The van der Waals surface area contributed by atoms with Crippen LogP contribution in [0.15, 0.2) is 30.5 Å². The highest BCUT2D eigenvalue weighted by atomic mass is 16.5. The smallest absolute Gasteiger partial charge is 0.213 e. The fraction of sp³-hybridized carbons (Fsp3) is 0.263. The Kier molecular flexibility index (Phi) is 4.61. The Morgan fingerprint density at radius 1 is 0.840 bits per heavy atom. The fourth-order valence-corrected chi connectivity index (χ4v) is 2.88. The van der Waals surface area contributed by atoms with Crippen LogP contribution in [0.1, 0.15) is 5.56 Å². The molecule has 0 saturated heterocycles. The second-order valence-corrected chi connectivity index (χ2v) is 5.45. The first-order valence-corrected chi connectivity index (χ1v) is 7.73. The van der Waals surface area contributed by atoms with E-state index in [0.29, 0.717) is 23.1 Å². The second-order valence-electron chi connectivity index (χ2n) is 5.45. The molecule has 0 aliphatic heterocycles. The number of methoxy groups -OCH3 is 4. The number of hydrogen-bond donors (Lipinski definition) is 0. The zero-order valence-corrected chi connectivity index (χ0v) is 14.9. The van der Waals surface area contributed by atoms with Crippen molar-refractivity contribution in [3.05, 3.63) is 36.0 Å². The molecule has 25 heavy (non-hydrogen) atoms. The summed E-state index contributed by atoms with van der Waals surface area (Å²) in [6, 6.07) is 7.61. The topological polar surface area (TPSA) is 62.7 Å². The van der Waals surface area contributed by atoms with Gasteiger partial charge in [-0.2, -0.15) is 0 Å². The lowest BCUT2D eigenvalue weighted by molar-refractivity contribution is 0.327. The fourth-order valence-electron chi connectivity index (χ4n) is 2.88. The van der Waals surface area contributed by atoms with Crippen LogP contribution < -0.4 is 18.9 Å². The van der Waals surface area contributed by atoms with Gasteiger partial charge in [0.15, 0.2) is 11.5 Å². The van der Waals surface area contributed by atoms with E-state index in [2.05, 4.69) is 4.98 Å². The van der Waals surface area contributed by atoms with E-state index in [9.17, 15) is 0 Å². The van der Waals surface area contributed by atoms with Crippen molar-refractivity contribution in [2.24, 2.45) is 0 Å². The minimum absolute atomic E-state index is 0.543. The molecule has 0 spiro atoms. The Balaban J connectivity index is 2.29. The number of aryl methyl sites for hydroxylation is 1. The van der Waals surface area contributed by atoms with Crippen LogP contribution in [0.25, 0.3) is 22.2 Å². The number of ether oxygens (including phenoxy) is 4. The average molecular weight is 340 g/mol. The molecule has 2 heterocycles. The molecule has 0 amide bonds. The number of benzene rings is 1. The van der Waals surface area contributed by atoms with Crippen LogP contribution in [0.2, 0.25) is 0 Å². The molecule has 1 aromatic carbocycles. The number of pyridine rings is 2. The first-order chi connectivity index (χ1) is 12.1. The number of fused-ring (bicyclic) bond motifs is 1. The summed E-state index contributed by atoms with van der Waals surface area (Å²) in [6.07, 6.45) is 1.70. The van der Waals surface area contributed by atoms with Crippen LogP contribution in [0.3, 0.4) is 0 Å². The number of nitrogens with zero attached hydrogens (tertiary/aromatic N) is 2. The maximum atomic E-state index is 5.58. The molecule has 130 valence electrons. The molecule has 6 heteroatoms. The Morgan fingerprint density at radius 3 is 2.24 bits per heavy atom. The Hall–Kier alpha value is -3.02. The molecule has 0 bridgehead atoms. The lowest BCUT2D eigenvalue weighted by Gasteiger charge is -2.16. The molecule has 0 fully saturated rings. The van der Waals surface area contributed by atoms with Gasteiger partial charge in [-0.1, -0.05) is 0 Å². The molecule has 0 radical (unpaired) electrons. The van der Waals surface area contributed by atoms with Gasteiger partial charge in [-0.25, -0.2) is 9.97 Å². The number of hydrogen-bond acceptors (Lipinski definition) is 6. The highest BCUT2D eigenvalue weighted by molar-refractivity contribution is 5.94. The third kappa shape index (κ3) is 2.91. The molecule has 3 aromatic rings. The molecule has 3 rings (SSSR count). The van der Waals surface area contributed by atoms with Crippen molar-refractivity contribution in [3.63, 3.8) is 0 Å². The summed E-state index contributed by atoms with van der Waals surface area (Å²) in [5.41, 5.74) is 3.53. The van der Waals surface area contributed by atoms with Crippen molar-refractivity contribution in [2.45, 2.75) is 6.92 Å². The predicted octanol–water partition coefficient (Wildman–Crippen LogP) is 3.64. The summed E-state index contributed by atoms with van der Waals surface area (Å²) in [4.78, 5) is 8.91. The summed E-state index contributed by atoms with van der Waals surface area (Å²) in [7, 11) is 6.38. The SMILES string of the molecule is COc1cc(-c2cc(C)c3c(OC)c(OC)c(OC)cc3n2)ccn1. The molecule has 6 nitrogen and oxygen atoms in total. The average Bonchev–Trinajstić information content (AvgIpc) is 2.66. The third-order valence-electron chi connectivity index (χ3n) is 4.04. The van der Waals surface area contributed by atoms with Gasteiger partial charge < -0.3 is 18.9 Å². The van der Waals surface area contributed by atoms with E-state index in [-0.39, 0.29) is 0 Å². The Morgan fingerprint density at radius 2 is 1.60 bits per heavy atom. The van der Waals surface area contributed by atoms with Crippen LogP contribution in [0.4, 0.5) is 0 Å². The van der Waals surface area contributed by atoms with Gasteiger partial charge >= 0.3 is 0 Å². The van der Waals surface area contributed by atoms with Crippen LogP contribution in [0, 0.1) is 6.92 Å². The van der Waals surface area contributed by atoms with Crippen molar-refractivity contribution >= 4 is 10.9 Å². The molecular weight excluding hydrogens is 320 g/mol. The summed E-state index contributed by atoms with van der Waals surface area (Å²) < 4.78 is 21.7. The van der Waals surface area contributed by atoms with Crippen LogP contribution in [-0.4, -0.2) is 38.4 Å². The minimum atomic E-state index is 0.543. The van der Waals surface area contributed by atoms with Gasteiger partial charge in [0.2, 0.25) is 11.6 Å². The highest BCUT2D eigenvalue weighted by Crippen LogP contribution is 2.44. The molecular formula is C19H20N2O4. The summed E-state index contributed by atoms with van der Waals surface area (Å²) >= 11 is 0. The van der Waals surface area contributed by atoms with Crippen molar-refractivity contribution in [1.82, 2.24) is 9.97 Å². The van der Waals surface area contributed by atoms with E-state index >= 15 is 0 Å². The van der Waals surface area contributed by atoms with E-state index in [1.54, 1.807) is 34.6 Å². The van der Waals surface area contributed by atoms with E-state index in [0.717, 1.165) is 27.7 Å². The standard InChI is InChI=1S/C19H20N2O4/c1-11-8-13(12-6-7-20-16(9-12)23-3)21-14-10-15(22-2)18(24-4)19(25-5)17(11)14/h6-10H,1-5H3. The van der Waals surface area contributed by atoms with Gasteiger partial charge in [0.1, 0.15) is 0 Å². The number of rotatable bonds is 5. The molecule has 0 aliphatic carbocycles. The first kappa shape index (κ1) is 16.8. The lowest BCUT2D eigenvalue weighted by Crippen LogP contribution is -1.99. The summed E-state index contributed by atoms with van der Waals surface area (Å²) in [6.45, 7) is 2.01. The molecule has 0 N–H and O–H groups in total. The van der Waals surface area contributed by atoms with Gasteiger partial charge in [0, 0.05) is 29.3 Å². The minimum Gasteiger partial charge on any atom is -0.493 e. The molecule has 0 saturated carbocycles. The quantitative estimate of drug-likeness (QED) is 0.707. The van der Waals surface area contributed by atoms with Gasteiger partial charge in [0.05, 0.1) is 39.6 Å². The third-order valence-corrected chi connectivity index (χ3v) is 4.04. The number of aromatic nitrogens is 2. The molecule has 0 unspecified atom stereocenters. The van der Waals surface area contributed by atoms with Gasteiger partial charge in [0.25, 0.3) is 0 Å². The van der Waals surface area contributed by atoms with Crippen molar-refractivity contribution in [2.75, 3.05) is 28.4 Å². The zero-order valence-electron chi connectivity index (χ0n) is 14.9. The maximum absolute atomic E-state index is 5.58. The van der Waals surface area contributed by atoms with Crippen LogP contribution >= 0.6 is 0 Å². The predicted molar refractivity (Wildman–Crippen MR) is 95.9 cm³/mol. The highest BCUT2D eigenvalue weighted by Gasteiger charge is 2.19. The van der Waals surface area contributed by atoms with E-state index < -0.39 is 0 Å². The lowest BCUT2D eigenvalue weighted by atomic mass is 10.0. The molecule has 2 aromatic heterocycles.